The third kappa shape index (κ3) is 5.16. The SMILES string of the molecule is CC1(C)c2ccccc2Oc2ccc(-n3c4ccccc4c4c3ccc3c5ccccc5n(-c5cccc([Si](c6ccccc6)(c6ccccc6)c6ccccc6)c5)c34)cc21. The van der Waals surface area contributed by atoms with Crippen LogP contribution in [0, 0.1) is 0 Å². The van der Waals surface area contributed by atoms with E-state index in [0.717, 1.165) is 22.9 Å². The Labute approximate surface area is 356 Å². The van der Waals surface area contributed by atoms with Crippen LogP contribution in [0.4, 0.5) is 0 Å². The maximum atomic E-state index is 6.52. The minimum atomic E-state index is -2.79. The normalized spacial score (nSPS) is 13.3. The van der Waals surface area contributed by atoms with Gasteiger partial charge in [0.25, 0.3) is 0 Å². The molecular weight excluding hydrogens is 757 g/mol. The minimum Gasteiger partial charge on any atom is -0.457 e. The second-order valence-corrected chi connectivity index (χ2v) is 20.7. The van der Waals surface area contributed by atoms with Gasteiger partial charge < -0.3 is 13.9 Å². The Morgan fingerprint density at radius 3 is 1.61 bits per heavy atom. The van der Waals surface area contributed by atoms with Crippen molar-refractivity contribution in [3.05, 3.63) is 230 Å². The molecule has 1 aliphatic rings. The standard InChI is InChI=1S/C57H42N2OSi/c1-57(2)48-29-14-17-32-53(48)60-54-36-33-40(38-49(54)57)58-51-31-16-13-28-47(51)55-52(58)35-34-46-45-27-12-15-30-50(45)59(56(46)55)39-19-18-26-44(37-39)61(41-20-6-3-7-21-41,42-22-8-4-9-23-42)43-24-10-5-11-25-43/h3-38H,1-2H3. The third-order valence-electron chi connectivity index (χ3n) is 13.3. The summed E-state index contributed by atoms with van der Waals surface area (Å²) in [6, 6.07) is 80.7. The summed E-state index contributed by atoms with van der Waals surface area (Å²) in [5, 5.41) is 10.4. The maximum Gasteiger partial charge on any atom is 0.179 e. The van der Waals surface area contributed by atoms with Crippen LogP contribution in [-0.2, 0) is 5.41 Å². The Balaban J connectivity index is 1.15. The number of fused-ring (bicyclic) bond motifs is 9. The van der Waals surface area contributed by atoms with Crippen molar-refractivity contribution in [2.24, 2.45) is 0 Å². The number of ether oxygens (including phenoxy) is 1. The van der Waals surface area contributed by atoms with Gasteiger partial charge in [0.2, 0.25) is 0 Å². The summed E-state index contributed by atoms with van der Waals surface area (Å²) in [7, 11) is -2.79. The van der Waals surface area contributed by atoms with Gasteiger partial charge >= 0.3 is 0 Å². The zero-order valence-corrected chi connectivity index (χ0v) is 35.1. The van der Waals surface area contributed by atoms with Crippen molar-refractivity contribution in [1.29, 1.82) is 0 Å². The lowest BCUT2D eigenvalue weighted by Gasteiger charge is -2.34. The zero-order valence-electron chi connectivity index (χ0n) is 34.1. The molecule has 0 N–H and O–H groups in total. The van der Waals surface area contributed by atoms with E-state index in [0.29, 0.717) is 0 Å². The fourth-order valence-electron chi connectivity index (χ4n) is 10.6. The summed E-state index contributed by atoms with van der Waals surface area (Å²) >= 11 is 0. The topological polar surface area (TPSA) is 19.1 Å². The molecule has 0 aliphatic carbocycles. The average Bonchev–Trinajstić information content (AvgIpc) is 3.84. The number of nitrogens with zero attached hydrogens (tertiary/aromatic N) is 2. The number of aromatic nitrogens is 2. The summed E-state index contributed by atoms with van der Waals surface area (Å²) in [6.45, 7) is 4.62. The minimum absolute atomic E-state index is 0.235. The number of para-hydroxylation sites is 3. The molecule has 0 saturated heterocycles. The van der Waals surface area contributed by atoms with E-state index >= 15 is 0 Å². The highest BCUT2D eigenvalue weighted by molar-refractivity contribution is 7.19. The van der Waals surface area contributed by atoms with Crippen molar-refractivity contribution >= 4 is 72.4 Å². The zero-order chi connectivity index (χ0) is 40.7. The molecule has 0 radical (unpaired) electrons. The van der Waals surface area contributed by atoms with Crippen LogP contribution in [0.2, 0.25) is 0 Å². The molecule has 0 spiro atoms. The van der Waals surface area contributed by atoms with E-state index in [-0.39, 0.29) is 5.41 Å². The Morgan fingerprint density at radius 2 is 0.918 bits per heavy atom. The average molecular weight is 799 g/mol. The lowest BCUT2D eigenvalue weighted by molar-refractivity contribution is 0.418. The van der Waals surface area contributed by atoms with Crippen LogP contribution in [0.25, 0.3) is 55.0 Å². The van der Waals surface area contributed by atoms with Crippen molar-refractivity contribution in [2.75, 3.05) is 0 Å². The Kier molecular flexibility index (Phi) is 7.90. The highest BCUT2D eigenvalue weighted by atomic mass is 28.3. The molecule has 0 atom stereocenters. The predicted molar refractivity (Wildman–Crippen MR) is 257 cm³/mol. The fraction of sp³-hybridized carbons (Fsp3) is 0.0526. The molecule has 4 heteroatoms. The Bertz CT molecular complexity index is 3380. The Hall–Kier alpha value is -7.40. The first-order chi connectivity index (χ1) is 30.0. The summed E-state index contributed by atoms with van der Waals surface area (Å²) in [6.07, 6.45) is 0. The maximum absolute atomic E-state index is 6.52. The predicted octanol–water partition coefficient (Wildman–Crippen LogP) is 11.7. The van der Waals surface area contributed by atoms with Crippen LogP contribution in [0.3, 0.4) is 0 Å². The van der Waals surface area contributed by atoms with Gasteiger partial charge in [0.15, 0.2) is 8.07 Å². The monoisotopic (exact) mass is 798 g/mol. The molecular formula is C57H42N2OSi. The number of hydrogen-bond acceptors (Lipinski definition) is 1. The summed E-state index contributed by atoms with van der Waals surface area (Å²) < 4.78 is 11.5. The molecule has 3 nitrogen and oxygen atoms in total. The summed E-state index contributed by atoms with van der Waals surface area (Å²) in [4.78, 5) is 0. The highest BCUT2D eigenvalue weighted by Crippen LogP contribution is 2.49. The van der Waals surface area contributed by atoms with E-state index in [4.69, 9.17) is 4.74 Å². The first kappa shape index (κ1) is 35.5. The Morgan fingerprint density at radius 1 is 0.377 bits per heavy atom. The van der Waals surface area contributed by atoms with Gasteiger partial charge in [0.1, 0.15) is 11.5 Å². The second kappa shape index (κ2) is 13.6. The van der Waals surface area contributed by atoms with Gasteiger partial charge in [-0.15, -0.1) is 0 Å². The number of rotatable bonds is 6. The molecule has 2 aromatic heterocycles. The van der Waals surface area contributed by atoms with E-state index in [1.54, 1.807) is 0 Å². The smallest absolute Gasteiger partial charge is 0.179 e. The van der Waals surface area contributed by atoms with Gasteiger partial charge in [0.05, 0.1) is 22.1 Å². The van der Waals surface area contributed by atoms with Gasteiger partial charge in [-0.1, -0.05) is 178 Å². The molecule has 0 saturated carbocycles. The lowest BCUT2D eigenvalue weighted by atomic mass is 9.75. The third-order valence-corrected chi connectivity index (χ3v) is 18.1. The molecule has 3 heterocycles. The molecule has 0 amide bonds. The second-order valence-electron chi connectivity index (χ2n) is 16.9. The molecule has 11 aromatic rings. The first-order valence-corrected chi connectivity index (χ1v) is 23.2. The van der Waals surface area contributed by atoms with Crippen LogP contribution in [0.15, 0.2) is 218 Å². The van der Waals surface area contributed by atoms with Crippen LogP contribution in [0.1, 0.15) is 25.0 Å². The molecule has 12 rings (SSSR count). The van der Waals surface area contributed by atoms with Crippen LogP contribution < -0.4 is 25.5 Å². The van der Waals surface area contributed by atoms with Gasteiger partial charge in [0, 0.05) is 49.5 Å². The van der Waals surface area contributed by atoms with Crippen molar-refractivity contribution in [1.82, 2.24) is 9.13 Å². The first-order valence-electron chi connectivity index (χ1n) is 21.2. The molecule has 61 heavy (non-hydrogen) atoms. The van der Waals surface area contributed by atoms with E-state index in [2.05, 4.69) is 241 Å². The summed E-state index contributed by atoms with van der Waals surface area (Å²) in [5.74, 6) is 1.84. The van der Waals surface area contributed by atoms with E-state index in [1.807, 2.05) is 0 Å². The van der Waals surface area contributed by atoms with Gasteiger partial charge in [-0.05, 0) is 75.3 Å². The van der Waals surface area contributed by atoms with E-state index in [9.17, 15) is 0 Å². The van der Waals surface area contributed by atoms with Crippen molar-refractivity contribution in [3.63, 3.8) is 0 Å². The molecule has 0 unspecified atom stereocenters. The van der Waals surface area contributed by atoms with Crippen molar-refractivity contribution < 1.29 is 4.74 Å². The quantitative estimate of drug-likeness (QED) is 0.121. The number of hydrogen-bond donors (Lipinski definition) is 0. The van der Waals surface area contributed by atoms with Crippen molar-refractivity contribution in [3.8, 4) is 22.9 Å². The molecule has 0 fully saturated rings. The number of benzene rings is 9. The molecule has 1 aliphatic heterocycles. The van der Waals surface area contributed by atoms with Crippen LogP contribution in [0.5, 0.6) is 11.5 Å². The van der Waals surface area contributed by atoms with Crippen LogP contribution >= 0.6 is 0 Å². The largest absolute Gasteiger partial charge is 0.457 e. The van der Waals surface area contributed by atoms with Crippen LogP contribution in [-0.4, -0.2) is 17.2 Å². The summed E-state index contributed by atoms with van der Waals surface area (Å²) in [5.41, 5.74) is 9.18. The van der Waals surface area contributed by atoms with Gasteiger partial charge in [-0.3, -0.25) is 0 Å². The van der Waals surface area contributed by atoms with E-state index < -0.39 is 8.07 Å². The molecule has 9 aromatic carbocycles. The highest BCUT2D eigenvalue weighted by Gasteiger charge is 2.41. The lowest BCUT2D eigenvalue weighted by Crippen LogP contribution is -2.74. The molecule has 290 valence electrons. The van der Waals surface area contributed by atoms with Gasteiger partial charge in [-0.25, -0.2) is 0 Å². The van der Waals surface area contributed by atoms with Crippen molar-refractivity contribution in [2.45, 2.75) is 19.3 Å². The van der Waals surface area contributed by atoms with Gasteiger partial charge in [-0.2, -0.15) is 0 Å². The fourth-order valence-corrected chi connectivity index (χ4v) is 15.4. The molecule has 0 bridgehead atoms. The van der Waals surface area contributed by atoms with E-state index in [1.165, 1.54) is 75.5 Å².